The average molecular weight is 346 g/mol. The number of carbonyl (C=O) groups is 2. The van der Waals surface area contributed by atoms with Crippen LogP contribution in [0.3, 0.4) is 0 Å². The van der Waals surface area contributed by atoms with Crippen molar-refractivity contribution in [3.05, 3.63) is 17.0 Å². The highest BCUT2D eigenvalue weighted by Gasteiger charge is 2.43. The normalized spacial score (nSPS) is 16.3. The molecule has 0 aliphatic carbocycles. The number of hydrogen-bond acceptors (Lipinski definition) is 3. The van der Waals surface area contributed by atoms with Crippen LogP contribution >= 0.6 is 0 Å². The lowest BCUT2D eigenvalue weighted by molar-refractivity contribution is -0.186. The molecule has 2 rings (SSSR count). The molecule has 2 amide bonds. The molecule has 1 aliphatic heterocycles. The van der Waals surface area contributed by atoms with Gasteiger partial charge in [0.15, 0.2) is 0 Å². The third kappa shape index (κ3) is 4.27. The number of piperidine rings is 1. The molecule has 0 saturated carbocycles. The lowest BCUT2D eigenvalue weighted by Gasteiger charge is -2.31. The zero-order chi connectivity index (χ0) is 17.9. The van der Waals surface area contributed by atoms with E-state index in [1.54, 1.807) is 0 Å². The molecule has 2 heterocycles. The van der Waals surface area contributed by atoms with Crippen LogP contribution in [0.25, 0.3) is 0 Å². The minimum atomic E-state index is -4.85. The van der Waals surface area contributed by atoms with E-state index in [0.29, 0.717) is 13.0 Å². The third-order valence-corrected chi connectivity index (χ3v) is 4.35. The second-order valence-corrected chi connectivity index (χ2v) is 6.02. The molecule has 1 aromatic heterocycles. The Morgan fingerprint density at radius 1 is 1.29 bits per heavy atom. The van der Waals surface area contributed by atoms with E-state index in [-0.39, 0.29) is 37.8 Å². The van der Waals surface area contributed by atoms with E-state index < -0.39 is 12.1 Å². The van der Waals surface area contributed by atoms with Crippen molar-refractivity contribution in [2.75, 3.05) is 19.6 Å². The molecule has 0 radical (unpaired) electrons. The Balaban J connectivity index is 1.76. The molecule has 0 unspecified atom stereocenters. The molecule has 0 aromatic carbocycles. The van der Waals surface area contributed by atoms with Gasteiger partial charge in [0, 0.05) is 31.2 Å². The minimum Gasteiger partial charge on any atom is -0.356 e. The maximum atomic E-state index is 12.4. The fourth-order valence-corrected chi connectivity index (χ4v) is 2.92. The second kappa shape index (κ2) is 7.23. The summed E-state index contributed by atoms with van der Waals surface area (Å²) in [5.74, 6) is -2.35. The largest absolute Gasteiger partial charge is 0.471 e. The molecule has 134 valence electrons. The van der Waals surface area contributed by atoms with Crippen molar-refractivity contribution in [3.8, 4) is 0 Å². The lowest BCUT2D eigenvalue weighted by atomic mass is 9.95. The first-order chi connectivity index (χ1) is 11.2. The Labute approximate surface area is 137 Å². The van der Waals surface area contributed by atoms with Crippen molar-refractivity contribution in [1.82, 2.24) is 20.4 Å². The van der Waals surface area contributed by atoms with Gasteiger partial charge in [0.1, 0.15) is 0 Å². The van der Waals surface area contributed by atoms with Crippen molar-refractivity contribution in [3.63, 3.8) is 0 Å². The van der Waals surface area contributed by atoms with E-state index in [2.05, 4.69) is 15.5 Å². The zero-order valence-corrected chi connectivity index (χ0v) is 13.7. The van der Waals surface area contributed by atoms with Gasteiger partial charge in [-0.1, -0.05) is 0 Å². The highest BCUT2D eigenvalue weighted by Crippen LogP contribution is 2.24. The molecular weight excluding hydrogens is 325 g/mol. The Morgan fingerprint density at radius 2 is 1.92 bits per heavy atom. The molecule has 1 saturated heterocycles. The molecule has 1 aromatic rings. The smallest absolute Gasteiger partial charge is 0.356 e. The van der Waals surface area contributed by atoms with Crippen LogP contribution in [-0.4, -0.2) is 52.7 Å². The monoisotopic (exact) mass is 346 g/mol. The van der Waals surface area contributed by atoms with Crippen LogP contribution in [0.1, 0.15) is 29.8 Å². The van der Waals surface area contributed by atoms with Crippen molar-refractivity contribution >= 4 is 11.8 Å². The number of nitrogens with one attached hydrogen (secondary N) is 2. The van der Waals surface area contributed by atoms with Gasteiger partial charge in [-0.2, -0.15) is 18.3 Å². The fraction of sp³-hybridized carbons (Fsp3) is 0.667. The first kappa shape index (κ1) is 18.3. The van der Waals surface area contributed by atoms with Gasteiger partial charge >= 0.3 is 12.1 Å². The maximum absolute atomic E-state index is 12.4. The number of nitrogens with zero attached hydrogens (tertiary/aromatic N) is 2. The topological polar surface area (TPSA) is 78.1 Å². The van der Waals surface area contributed by atoms with E-state index in [9.17, 15) is 22.8 Å². The van der Waals surface area contributed by atoms with Crippen LogP contribution in [0.2, 0.25) is 0 Å². The first-order valence-electron chi connectivity index (χ1n) is 7.84. The van der Waals surface area contributed by atoms with Gasteiger partial charge in [-0.15, -0.1) is 0 Å². The van der Waals surface area contributed by atoms with E-state index in [0.717, 1.165) is 21.9 Å². The van der Waals surface area contributed by atoms with Crippen LogP contribution in [-0.2, 0) is 16.0 Å². The number of aryl methyl sites for hydroxylation is 2. The number of H-pyrrole nitrogens is 1. The van der Waals surface area contributed by atoms with Gasteiger partial charge < -0.3 is 10.2 Å². The molecule has 0 spiro atoms. The quantitative estimate of drug-likeness (QED) is 0.867. The SMILES string of the molecule is Cc1n[nH]c(C)c1CCNC(=O)C1CCN(C(=O)C(F)(F)F)CC1. The summed E-state index contributed by atoms with van der Waals surface area (Å²) in [5.41, 5.74) is 2.90. The van der Waals surface area contributed by atoms with Gasteiger partial charge in [-0.05, 0) is 38.7 Å². The number of likely N-dealkylation sites (tertiary alicyclic amines) is 1. The minimum absolute atomic E-state index is 0.0453. The number of aromatic nitrogens is 2. The Bertz CT molecular complexity index is 585. The van der Waals surface area contributed by atoms with Crippen LogP contribution in [0, 0.1) is 19.8 Å². The summed E-state index contributed by atoms with van der Waals surface area (Å²) in [6.07, 6.45) is -3.71. The van der Waals surface area contributed by atoms with Gasteiger partial charge in [0.05, 0.1) is 5.69 Å². The molecule has 24 heavy (non-hydrogen) atoms. The average Bonchev–Trinajstić information content (AvgIpc) is 2.85. The van der Waals surface area contributed by atoms with Crippen LogP contribution in [0.15, 0.2) is 0 Å². The number of hydrogen-bond donors (Lipinski definition) is 2. The summed E-state index contributed by atoms with van der Waals surface area (Å²) >= 11 is 0. The summed E-state index contributed by atoms with van der Waals surface area (Å²) < 4.78 is 37.1. The fourth-order valence-electron chi connectivity index (χ4n) is 2.92. The lowest BCUT2D eigenvalue weighted by Crippen LogP contribution is -2.47. The van der Waals surface area contributed by atoms with Gasteiger partial charge in [0.25, 0.3) is 0 Å². The predicted octanol–water partition coefficient (Wildman–Crippen LogP) is 1.49. The highest BCUT2D eigenvalue weighted by molar-refractivity contribution is 5.83. The summed E-state index contributed by atoms with van der Waals surface area (Å²) in [5, 5.41) is 9.77. The molecule has 1 aliphatic rings. The van der Waals surface area contributed by atoms with Crippen molar-refractivity contribution in [2.24, 2.45) is 5.92 Å². The number of rotatable bonds is 4. The van der Waals surface area contributed by atoms with E-state index in [1.807, 2.05) is 13.8 Å². The molecule has 6 nitrogen and oxygen atoms in total. The summed E-state index contributed by atoms with van der Waals surface area (Å²) in [4.78, 5) is 24.0. The molecule has 0 atom stereocenters. The maximum Gasteiger partial charge on any atom is 0.471 e. The summed E-state index contributed by atoms with van der Waals surface area (Å²) in [6.45, 7) is 4.15. The van der Waals surface area contributed by atoms with Crippen LogP contribution < -0.4 is 5.32 Å². The van der Waals surface area contributed by atoms with Gasteiger partial charge in [-0.3, -0.25) is 14.7 Å². The molecule has 2 N–H and O–H groups in total. The van der Waals surface area contributed by atoms with Crippen molar-refractivity contribution in [2.45, 2.75) is 39.3 Å². The van der Waals surface area contributed by atoms with E-state index >= 15 is 0 Å². The molecule has 0 bridgehead atoms. The zero-order valence-electron chi connectivity index (χ0n) is 13.7. The van der Waals surface area contributed by atoms with Crippen LogP contribution in [0.4, 0.5) is 13.2 Å². The van der Waals surface area contributed by atoms with E-state index in [1.165, 1.54) is 0 Å². The van der Waals surface area contributed by atoms with E-state index in [4.69, 9.17) is 0 Å². The van der Waals surface area contributed by atoms with Crippen molar-refractivity contribution < 1.29 is 22.8 Å². The highest BCUT2D eigenvalue weighted by atomic mass is 19.4. The predicted molar refractivity (Wildman–Crippen MR) is 80.1 cm³/mol. The number of carbonyl (C=O) groups excluding carboxylic acids is 2. The summed E-state index contributed by atoms with van der Waals surface area (Å²) in [7, 11) is 0. The molecule has 9 heteroatoms. The summed E-state index contributed by atoms with van der Waals surface area (Å²) in [6, 6.07) is 0. The van der Waals surface area contributed by atoms with Gasteiger partial charge in [-0.25, -0.2) is 0 Å². The van der Waals surface area contributed by atoms with Gasteiger partial charge in [0.2, 0.25) is 5.91 Å². The van der Waals surface area contributed by atoms with Crippen molar-refractivity contribution in [1.29, 1.82) is 0 Å². The number of aromatic amines is 1. The Hall–Kier alpha value is -2.06. The number of alkyl halides is 3. The Kier molecular flexibility index (Phi) is 5.51. The number of halogens is 3. The first-order valence-corrected chi connectivity index (χ1v) is 7.84. The number of amides is 2. The standard InChI is InChI=1S/C15H21F3N4O2/c1-9-12(10(2)21-20-9)3-6-19-13(23)11-4-7-22(8-5-11)14(24)15(16,17)18/h11H,3-8H2,1-2H3,(H,19,23)(H,20,21). The van der Waals surface area contributed by atoms with Crippen LogP contribution in [0.5, 0.6) is 0 Å². The third-order valence-electron chi connectivity index (χ3n) is 4.35. The molecular formula is C15H21F3N4O2. The second-order valence-electron chi connectivity index (χ2n) is 6.02. The molecule has 1 fully saturated rings. The Morgan fingerprint density at radius 3 is 2.42 bits per heavy atom.